The SMILES string of the molecule is C=COCCCC(C)OC=C. The largest absolute Gasteiger partial charge is 0.502 e. The molecule has 0 bridgehead atoms. The van der Waals surface area contributed by atoms with Crippen molar-refractivity contribution in [2.45, 2.75) is 25.9 Å². The molecule has 11 heavy (non-hydrogen) atoms. The van der Waals surface area contributed by atoms with Gasteiger partial charge in [0, 0.05) is 0 Å². The van der Waals surface area contributed by atoms with E-state index in [1.807, 2.05) is 6.92 Å². The highest BCUT2D eigenvalue weighted by molar-refractivity contribution is 4.57. The van der Waals surface area contributed by atoms with E-state index in [0.717, 1.165) is 12.8 Å². The molecule has 0 saturated carbocycles. The summed E-state index contributed by atoms with van der Waals surface area (Å²) in [5, 5.41) is 0. The van der Waals surface area contributed by atoms with Gasteiger partial charge in [0.05, 0.1) is 25.2 Å². The van der Waals surface area contributed by atoms with Gasteiger partial charge in [-0.05, 0) is 19.8 Å². The maximum Gasteiger partial charge on any atom is 0.0951 e. The normalized spacial score (nSPS) is 11.7. The molecule has 0 fully saturated rings. The van der Waals surface area contributed by atoms with Crippen LogP contribution in [0.2, 0.25) is 0 Å². The van der Waals surface area contributed by atoms with Crippen LogP contribution < -0.4 is 0 Å². The van der Waals surface area contributed by atoms with Gasteiger partial charge in [-0.2, -0.15) is 0 Å². The summed E-state index contributed by atoms with van der Waals surface area (Å²) < 4.78 is 10.0. The summed E-state index contributed by atoms with van der Waals surface area (Å²) in [6.45, 7) is 9.65. The Labute approximate surface area is 68.5 Å². The molecule has 0 amide bonds. The van der Waals surface area contributed by atoms with E-state index >= 15 is 0 Å². The van der Waals surface area contributed by atoms with Gasteiger partial charge in [0.15, 0.2) is 0 Å². The van der Waals surface area contributed by atoms with Gasteiger partial charge in [0.25, 0.3) is 0 Å². The maximum atomic E-state index is 5.10. The molecule has 1 unspecified atom stereocenters. The minimum Gasteiger partial charge on any atom is -0.502 e. The molecule has 0 heterocycles. The zero-order chi connectivity index (χ0) is 8.53. The van der Waals surface area contributed by atoms with Crippen LogP contribution >= 0.6 is 0 Å². The molecule has 0 aromatic heterocycles. The van der Waals surface area contributed by atoms with Crippen LogP contribution in [-0.2, 0) is 9.47 Å². The fourth-order valence-corrected chi connectivity index (χ4v) is 0.770. The fraction of sp³-hybridized carbons (Fsp3) is 0.556. The quantitative estimate of drug-likeness (QED) is 0.416. The fourth-order valence-electron chi connectivity index (χ4n) is 0.770. The van der Waals surface area contributed by atoms with Crippen molar-refractivity contribution >= 4 is 0 Å². The van der Waals surface area contributed by atoms with Crippen LogP contribution in [0.4, 0.5) is 0 Å². The Kier molecular flexibility index (Phi) is 6.59. The van der Waals surface area contributed by atoms with Crippen molar-refractivity contribution in [1.82, 2.24) is 0 Å². The first kappa shape index (κ1) is 10.1. The van der Waals surface area contributed by atoms with Crippen molar-refractivity contribution in [2.24, 2.45) is 0 Å². The van der Waals surface area contributed by atoms with Gasteiger partial charge in [-0.3, -0.25) is 0 Å². The summed E-state index contributed by atoms with van der Waals surface area (Å²) in [6.07, 6.45) is 5.14. The Bertz CT molecular complexity index is 110. The molecule has 0 aromatic rings. The van der Waals surface area contributed by atoms with E-state index in [4.69, 9.17) is 9.47 Å². The summed E-state index contributed by atoms with van der Waals surface area (Å²) >= 11 is 0. The number of hydrogen-bond donors (Lipinski definition) is 0. The summed E-state index contributed by atoms with van der Waals surface area (Å²) in [5.41, 5.74) is 0. The van der Waals surface area contributed by atoms with E-state index in [1.165, 1.54) is 12.5 Å². The molecule has 0 saturated heterocycles. The zero-order valence-electron chi connectivity index (χ0n) is 7.08. The number of hydrogen-bond acceptors (Lipinski definition) is 2. The number of ether oxygens (including phenoxy) is 2. The Morgan fingerprint density at radius 1 is 1.36 bits per heavy atom. The van der Waals surface area contributed by atoms with Crippen LogP contribution in [0.25, 0.3) is 0 Å². The second kappa shape index (κ2) is 7.19. The number of rotatable bonds is 7. The van der Waals surface area contributed by atoms with E-state index in [9.17, 15) is 0 Å². The maximum absolute atomic E-state index is 5.10. The van der Waals surface area contributed by atoms with Crippen LogP contribution in [0, 0.1) is 0 Å². The summed E-state index contributed by atoms with van der Waals surface area (Å²) in [4.78, 5) is 0. The van der Waals surface area contributed by atoms with Gasteiger partial charge in [0.2, 0.25) is 0 Å². The van der Waals surface area contributed by atoms with Gasteiger partial charge < -0.3 is 9.47 Å². The lowest BCUT2D eigenvalue weighted by atomic mass is 10.2. The first-order valence-corrected chi connectivity index (χ1v) is 3.80. The molecular formula is C9H16O2. The van der Waals surface area contributed by atoms with Crippen molar-refractivity contribution in [3.05, 3.63) is 25.7 Å². The minimum absolute atomic E-state index is 0.237. The van der Waals surface area contributed by atoms with Crippen molar-refractivity contribution in [2.75, 3.05) is 6.61 Å². The van der Waals surface area contributed by atoms with Crippen LogP contribution in [0.5, 0.6) is 0 Å². The molecule has 2 nitrogen and oxygen atoms in total. The second-order valence-corrected chi connectivity index (χ2v) is 2.29. The van der Waals surface area contributed by atoms with Crippen LogP contribution in [-0.4, -0.2) is 12.7 Å². The Hall–Kier alpha value is -0.920. The molecule has 0 rings (SSSR count). The monoisotopic (exact) mass is 156 g/mol. The molecule has 0 aliphatic rings. The van der Waals surface area contributed by atoms with E-state index in [1.54, 1.807) is 0 Å². The Morgan fingerprint density at radius 2 is 2.09 bits per heavy atom. The minimum atomic E-state index is 0.237. The smallest absolute Gasteiger partial charge is 0.0951 e. The molecule has 0 aliphatic carbocycles. The molecule has 0 aromatic carbocycles. The van der Waals surface area contributed by atoms with E-state index < -0.39 is 0 Å². The first-order valence-electron chi connectivity index (χ1n) is 3.80. The van der Waals surface area contributed by atoms with Gasteiger partial charge in [0.1, 0.15) is 0 Å². The van der Waals surface area contributed by atoms with Gasteiger partial charge in [-0.15, -0.1) is 0 Å². The predicted molar refractivity (Wildman–Crippen MR) is 46.1 cm³/mol. The highest BCUT2D eigenvalue weighted by Gasteiger charge is 1.98. The average Bonchev–Trinajstić information content (AvgIpc) is 1.99. The third kappa shape index (κ3) is 6.97. The topological polar surface area (TPSA) is 18.5 Å². The standard InChI is InChI=1S/C9H16O2/c1-4-10-8-6-7-9(3)11-5-2/h4-5,9H,1-2,6-8H2,3H3. The predicted octanol–water partition coefficient (Wildman–Crippen LogP) is 2.48. The summed E-state index contributed by atoms with van der Waals surface area (Å²) in [5.74, 6) is 0. The van der Waals surface area contributed by atoms with Crippen molar-refractivity contribution in [3.8, 4) is 0 Å². The van der Waals surface area contributed by atoms with E-state index in [2.05, 4.69) is 13.2 Å². The van der Waals surface area contributed by atoms with Crippen molar-refractivity contribution < 1.29 is 9.47 Å². The second-order valence-electron chi connectivity index (χ2n) is 2.29. The van der Waals surface area contributed by atoms with Crippen LogP contribution in [0.1, 0.15) is 19.8 Å². The third-order valence-electron chi connectivity index (χ3n) is 1.32. The molecule has 2 heteroatoms. The highest BCUT2D eigenvalue weighted by atomic mass is 16.5. The van der Waals surface area contributed by atoms with Crippen LogP contribution in [0.3, 0.4) is 0 Å². The highest BCUT2D eigenvalue weighted by Crippen LogP contribution is 2.01. The average molecular weight is 156 g/mol. The van der Waals surface area contributed by atoms with Crippen molar-refractivity contribution in [3.63, 3.8) is 0 Å². The van der Waals surface area contributed by atoms with Crippen LogP contribution in [0.15, 0.2) is 25.7 Å². The van der Waals surface area contributed by atoms with Gasteiger partial charge >= 0.3 is 0 Å². The third-order valence-corrected chi connectivity index (χ3v) is 1.32. The van der Waals surface area contributed by atoms with E-state index in [0.29, 0.717) is 6.61 Å². The Morgan fingerprint density at radius 3 is 2.64 bits per heavy atom. The lowest BCUT2D eigenvalue weighted by Crippen LogP contribution is -2.04. The molecule has 64 valence electrons. The Balaban J connectivity index is 3.09. The lowest BCUT2D eigenvalue weighted by molar-refractivity contribution is 0.138. The van der Waals surface area contributed by atoms with E-state index in [-0.39, 0.29) is 6.10 Å². The molecular weight excluding hydrogens is 140 g/mol. The molecule has 0 N–H and O–H groups in total. The lowest BCUT2D eigenvalue weighted by Gasteiger charge is -2.09. The molecule has 1 atom stereocenters. The van der Waals surface area contributed by atoms with Crippen molar-refractivity contribution in [1.29, 1.82) is 0 Å². The van der Waals surface area contributed by atoms with Gasteiger partial charge in [-0.1, -0.05) is 13.2 Å². The summed E-state index contributed by atoms with van der Waals surface area (Å²) in [6, 6.07) is 0. The van der Waals surface area contributed by atoms with Gasteiger partial charge in [-0.25, -0.2) is 0 Å². The first-order chi connectivity index (χ1) is 5.31. The zero-order valence-corrected chi connectivity index (χ0v) is 7.08. The summed E-state index contributed by atoms with van der Waals surface area (Å²) in [7, 11) is 0. The molecule has 0 spiro atoms. The molecule has 0 aliphatic heterocycles. The molecule has 0 radical (unpaired) electrons.